The number of nitrogens with zero attached hydrogens (tertiary/aromatic N) is 1. The number of unbranched alkanes of at least 4 members (excludes halogenated alkanes) is 1. The number of hydrogen-bond donors (Lipinski definition) is 0. The smallest absolute Gasteiger partial charge is 0.307 e. The van der Waals surface area contributed by atoms with Crippen molar-refractivity contribution >= 4 is 11.9 Å². The van der Waals surface area contributed by atoms with Gasteiger partial charge in [-0.1, -0.05) is 13.3 Å². The Bertz CT molecular complexity index is 564. The highest BCUT2D eigenvalue weighted by molar-refractivity contribution is 5.94. The SMILES string of the molecule is CCCCN(CCC(=O)OCC)C(=O)c1ccc(F)c(F)c1F. The second-order valence-electron chi connectivity index (χ2n) is 4.92. The zero-order valence-electron chi connectivity index (χ0n) is 13.2. The van der Waals surface area contributed by atoms with Gasteiger partial charge in [-0.2, -0.15) is 0 Å². The van der Waals surface area contributed by atoms with Crippen LogP contribution in [0, 0.1) is 17.5 Å². The van der Waals surface area contributed by atoms with Gasteiger partial charge in [0.25, 0.3) is 5.91 Å². The molecule has 4 nitrogen and oxygen atoms in total. The summed E-state index contributed by atoms with van der Waals surface area (Å²) in [6.07, 6.45) is 1.37. The van der Waals surface area contributed by atoms with E-state index < -0.39 is 34.9 Å². The molecule has 0 spiro atoms. The maximum Gasteiger partial charge on any atom is 0.307 e. The largest absolute Gasteiger partial charge is 0.466 e. The van der Waals surface area contributed by atoms with Crippen molar-refractivity contribution in [1.82, 2.24) is 4.90 Å². The quantitative estimate of drug-likeness (QED) is 0.542. The molecule has 0 aliphatic rings. The molecule has 1 rings (SSSR count). The number of rotatable bonds is 8. The van der Waals surface area contributed by atoms with Gasteiger partial charge in [-0.05, 0) is 25.5 Å². The monoisotopic (exact) mass is 331 g/mol. The molecule has 0 aliphatic carbocycles. The van der Waals surface area contributed by atoms with E-state index in [1.165, 1.54) is 4.90 Å². The second kappa shape index (κ2) is 9.17. The van der Waals surface area contributed by atoms with E-state index in [2.05, 4.69) is 0 Å². The van der Waals surface area contributed by atoms with Crippen LogP contribution in [0.15, 0.2) is 12.1 Å². The maximum absolute atomic E-state index is 13.8. The van der Waals surface area contributed by atoms with E-state index in [9.17, 15) is 22.8 Å². The van der Waals surface area contributed by atoms with Crippen LogP contribution < -0.4 is 0 Å². The number of benzene rings is 1. The van der Waals surface area contributed by atoms with Gasteiger partial charge >= 0.3 is 5.97 Å². The maximum atomic E-state index is 13.8. The van der Waals surface area contributed by atoms with Crippen molar-refractivity contribution in [3.8, 4) is 0 Å². The number of hydrogen-bond acceptors (Lipinski definition) is 3. The Hall–Kier alpha value is -2.05. The minimum absolute atomic E-state index is 0.0239. The first-order valence-corrected chi connectivity index (χ1v) is 7.50. The predicted octanol–water partition coefficient (Wildman–Crippen LogP) is 3.30. The molecule has 23 heavy (non-hydrogen) atoms. The summed E-state index contributed by atoms with van der Waals surface area (Å²) in [5.74, 6) is -5.82. The number of ether oxygens (including phenoxy) is 1. The van der Waals surface area contributed by atoms with E-state index in [1.807, 2.05) is 6.92 Å². The Kier molecular flexibility index (Phi) is 7.57. The van der Waals surface area contributed by atoms with Crippen molar-refractivity contribution in [3.63, 3.8) is 0 Å². The minimum atomic E-state index is -1.68. The molecule has 0 saturated heterocycles. The summed E-state index contributed by atoms with van der Waals surface area (Å²) in [5.41, 5.74) is -0.552. The molecule has 0 bridgehead atoms. The van der Waals surface area contributed by atoms with Crippen LogP contribution in [0.2, 0.25) is 0 Å². The third kappa shape index (κ3) is 5.26. The molecular weight excluding hydrogens is 311 g/mol. The first kappa shape index (κ1) is 19.0. The molecule has 0 unspecified atom stereocenters. The van der Waals surface area contributed by atoms with Gasteiger partial charge in [0, 0.05) is 13.1 Å². The summed E-state index contributed by atoms with van der Waals surface area (Å²) >= 11 is 0. The Morgan fingerprint density at radius 1 is 1.09 bits per heavy atom. The van der Waals surface area contributed by atoms with Crippen molar-refractivity contribution in [2.75, 3.05) is 19.7 Å². The lowest BCUT2D eigenvalue weighted by atomic mass is 10.1. The summed E-state index contributed by atoms with van der Waals surface area (Å²) in [7, 11) is 0. The summed E-state index contributed by atoms with van der Waals surface area (Å²) in [6.45, 7) is 4.10. The lowest BCUT2D eigenvalue weighted by molar-refractivity contribution is -0.143. The second-order valence-corrected chi connectivity index (χ2v) is 4.92. The number of carbonyl (C=O) groups is 2. The van der Waals surface area contributed by atoms with Crippen LogP contribution in [-0.4, -0.2) is 36.5 Å². The summed E-state index contributed by atoms with van der Waals surface area (Å²) in [4.78, 5) is 25.0. The van der Waals surface area contributed by atoms with Crippen LogP contribution in [0.1, 0.15) is 43.5 Å². The van der Waals surface area contributed by atoms with Crippen molar-refractivity contribution < 1.29 is 27.5 Å². The Morgan fingerprint density at radius 3 is 2.39 bits per heavy atom. The molecule has 1 amide bonds. The number of halogens is 3. The van der Waals surface area contributed by atoms with Crippen LogP contribution in [0.3, 0.4) is 0 Å². The van der Waals surface area contributed by atoms with Gasteiger partial charge < -0.3 is 9.64 Å². The molecule has 1 aromatic rings. The predicted molar refractivity (Wildman–Crippen MR) is 78.4 cm³/mol. The van der Waals surface area contributed by atoms with Crippen LogP contribution >= 0.6 is 0 Å². The van der Waals surface area contributed by atoms with Gasteiger partial charge in [0.2, 0.25) is 0 Å². The van der Waals surface area contributed by atoms with Crippen LogP contribution in [0.5, 0.6) is 0 Å². The molecule has 128 valence electrons. The lowest BCUT2D eigenvalue weighted by Gasteiger charge is -2.22. The molecule has 0 aliphatic heterocycles. The first-order chi connectivity index (χ1) is 10.9. The Labute approximate surface area is 133 Å². The third-order valence-electron chi connectivity index (χ3n) is 3.23. The average Bonchev–Trinajstić information content (AvgIpc) is 2.52. The summed E-state index contributed by atoms with van der Waals surface area (Å²) < 4.78 is 44.8. The zero-order chi connectivity index (χ0) is 17.4. The topological polar surface area (TPSA) is 46.6 Å². The highest BCUT2D eigenvalue weighted by Crippen LogP contribution is 2.17. The van der Waals surface area contributed by atoms with Crippen molar-refractivity contribution in [2.24, 2.45) is 0 Å². The summed E-state index contributed by atoms with van der Waals surface area (Å²) in [6, 6.07) is 1.61. The molecular formula is C16H20F3NO3. The van der Waals surface area contributed by atoms with E-state index in [0.29, 0.717) is 12.5 Å². The van der Waals surface area contributed by atoms with Crippen LogP contribution in [0.4, 0.5) is 13.2 Å². The van der Waals surface area contributed by atoms with E-state index in [4.69, 9.17) is 4.74 Å². The van der Waals surface area contributed by atoms with Crippen LogP contribution in [0.25, 0.3) is 0 Å². The van der Waals surface area contributed by atoms with Crippen molar-refractivity contribution in [3.05, 3.63) is 35.1 Å². The first-order valence-electron chi connectivity index (χ1n) is 7.50. The van der Waals surface area contributed by atoms with Crippen LogP contribution in [-0.2, 0) is 9.53 Å². The molecule has 1 aromatic carbocycles. The third-order valence-corrected chi connectivity index (χ3v) is 3.23. The average molecular weight is 331 g/mol. The Morgan fingerprint density at radius 2 is 1.78 bits per heavy atom. The van der Waals surface area contributed by atoms with Gasteiger partial charge in [0.15, 0.2) is 17.5 Å². The summed E-state index contributed by atoms with van der Waals surface area (Å²) in [5, 5.41) is 0. The van der Waals surface area contributed by atoms with Gasteiger partial charge in [0.05, 0.1) is 18.6 Å². The number of carbonyl (C=O) groups excluding carboxylic acids is 2. The van der Waals surface area contributed by atoms with Gasteiger partial charge in [-0.15, -0.1) is 0 Å². The minimum Gasteiger partial charge on any atom is -0.466 e. The Balaban J connectivity index is 2.91. The fourth-order valence-electron chi connectivity index (χ4n) is 1.98. The molecule has 0 aromatic heterocycles. The molecule has 0 fully saturated rings. The highest BCUT2D eigenvalue weighted by atomic mass is 19.2. The van der Waals surface area contributed by atoms with Gasteiger partial charge in [0.1, 0.15) is 0 Å². The molecule has 0 radical (unpaired) electrons. The number of esters is 1. The molecule has 0 atom stereocenters. The highest BCUT2D eigenvalue weighted by Gasteiger charge is 2.23. The van der Waals surface area contributed by atoms with E-state index >= 15 is 0 Å². The van der Waals surface area contributed by atoms with E-state index in [-0.39, 0.29) is 26.1 Å². The normalized spacial score (nSPS) is 10.5. The molecule has 0 N–H and O–H groups in total. The fourth-order valence-corrected chi connectivity index (χ4v) is 1.98. The van der Waals surface area contributed by atoms with Crippen molar-refractivity contribution in [2.45, 2.75) is 33.1 Å². The fraction of sp³-hybridized carbons (Fsp3) is 0.500. The van der Waals surface area contributed by atoms with E-state index in [1.54, 1.807) is 6.92 Å². The van der Waals surface area contributed by atoms with Crippen molar-refractivity contribution in [1.29, 1.82) is 0 Å². The number of amides is 1. The zero-order valence-corrected chi connectivity index (χ0v) is 13.2. The van der Waals surface area contributed by atoms with E-state index in [0.717, 1.165) is 12.5 Å². The molecule has 7 heteroatoms. The lowest BCUT2D eigenvalue weighted by Crippen LogP contribution is -2.35. The van der Waals surface area contributed by atoms with Gasteiger partial charge in [-0.3, -0.25) is 9.59 Å². The molecule has 0 heterocycles. The van der Waals surface area contributed by atoms with Gasteiger partial charge in [-0.25, -0.2) is 13.2 Å². The standard InChI is InChI=1S/C16H20F3NO3/c1-3-5-9-20(10-8-13(21)23-4-2)16(22)11-6-7-12(17)15(19)14(11)18/h6-7H,3-5,8-10H2,1-2H3. The molecule has 0 saturated carbocycles.